The van der Waals surface area contributed by atoms with Gasteiger partial charge in [0.1, 0.15) is 17.1 Å². The molecule has 0 bridgehead atoms. The minimum Gasteiger partial charge on any atom is -0.297 e. The highest BCUT2D eigenvalue weighted by atomic mass is 16.6. The second kappa shape index (κ2) is 3.12. The Kier molecular flexibility index (Phi) is 1.96. The molecule has 13 heavy (non-hydrogen) atoms. The van der Waals surface area contributed by atoms with Gasteiger partial charge in [0.05, 0.1) is 0 Å². The summed E-state index contributed by atoms with van der Waals surface area (Å²) < 4.78 is 0. The summed E-state index contributed by atoms with van der Waals surface area (Å²) in [5, 5.41) is 10.5. The summed E-state index contributed by atoms with van der Waals surface area (Å²) in [6, 6.07) is 5.70. The molecule has 68 valence electrons. The van der Waals surface area contributed by atoms with Crippen molar-refractivity contribution in [2.75, 3.05) is 0 Å². The Bertz CT molecular complexity index is 411. The quantitative estimate of drug-likeness (QED) is 0.670. The molecule has 1 heterocycles. The van der Waals surface area contributed by atoms with Crippen LogP contribution in [0.3, 0.4) is 0 Å². The highest BCUT2D eigenvalue weighted by Crippen LogP contribution is 2.18. The molecule has 0 aliphatic rings. The number of fused-ring (bicyclic) bond motifs is 1. The lowest BCUT2D eigenvalue weighted by atomic mass is 10.1. The van der Waals surface area contributed by atoms with Gasteiger partial charge in [0, 0.05) is 0 Å². The standard InChI is InChI=1S/C8H10N4O/c1-5(13-9)6-2-3-7-8(4-6)11-12-10-7/h2-5H,9H2,1H3,(H,10,11,12). The molecule has 2 rings (SSSR count). The molecule has 0 fully saturated rings. The van der Waals surface area contributed by atoms with Gasteiger partial charge in [0.15, 0.2) is 0 Å². The predicted molar refractivity (Wildman–Crippen MR) is 47.6 cm³/mol. The van der Waals surface area contributed by atoms with E-state index in [0.29, 0.717) is 0 Å². The lowest BCUT2D eigenvalue weighted by Crippen LogP contribution is -2.04. The average molecular weight is 178 g/mol. The van der Waals surface area contributed by atoms with E-state index in [-0.39, 0.29) is 6.10 Å². The number of nitrogens with zero attached hydrogens (tertiary/aromatic N) is 2. The highest BCUT2D eigenvalue weighted by Gasteiger charge is 2.06. The molecule has 0 aliphatic carbocycles. The van der Waals surface area contributed by atoms with Crippen molar-refractivity contribution in [3.05, 3.63) is 23.8 Å². The smallest absolute Gasteiger partial charge is 0.113 e. The molecule has 3 N–H and O–H groups in total. The Balaban J connectivity index is 2.48. The summed E-state index contributed by atoms with van der Waals surface area (Å²) in [6.07, 6.45) is -0.124. The normalized spacial score (nSPS) is 13.4. The van der Waals surface area contributed by atoms with Crippen LogP contribution in [0.2, 0.25) is 0 Å². The number of hydrogen-bond donors (Lipinski definition) is 2. The molecule has 1 unspecified atom stereocenters. The Morgan fingerprint density at radius 2 is 2.15 bits per heavy atom. The number of nitrogens with two attached hydrogens (primary N) is 1. The van der Waals surface area contributed by atoms with Gasteiger partial charge in [-0.2, -0.15) is 15.4 Å². The third-order valence-electron chi connectivity index (χ3n) is 2.01. The topological polar surface area (TPSA) is 76.8 Å². The molecule has 0 amide bonds. The Morgan fingerprint density at radius 3 is 2.92 bits per heavy atom. The van der Waals surface area contributed by atoms with Gasteiger partial charge in [0.2, 0.25) is 0 Å². The zero-order chi connectivity index (χ0) is 9.26. The van der Waals surface area contributed by atoms with Crippen LogP contribution in [0.15, 0.2) is 18.2 Å². The van der Waals surface area contributed by atoms with Crippen molar-refractivity contribution in [1.29, 1.82) is 0 Å². The van der Waals surface area contributed by atoms with E-state index in [4.69, 9.17) is 10.7 Å². The minimum absolute atomic E-state index is 0.124. The van der Waals surface area contributed by atoms with Gasteiger partial charge in [-0.05, 0) is 24.6 Å². The fourth-order valence-corrected chi connectivity index (χ4v) is 1.19. The van der Waals surface area contributed by atoms with Crippen molar-refractivity contribution in [2.45, 2.75) is 13.0 Å². The van der Waals surface area contributed by atoms with Gasteiger partial charge in [-0.3, -0.25) is 4.84 Å². The molecule has 2 aromatic rings. The molecule has 5 nitrogen and oxygen atoms in total. The monoisotopic (exact) mass is 178 g/mol. The van der Waals surface area contributed by atoms with Crippen LogP contribution < -0.4 is 5.90 Å². The fraction of sp³-hybridized carbons (Fsp3) is 0.250. The van der Waals surface area contributed by atoms with Crippen LogP contribution in [-0.4, -0.2) is 15.4 Å². The lowest BCUT2D eigenvalue weighted by molar-refractivity contribution is 0.0665. The first-order chi connectivity index (χ1) is 6.31. The van der Waals surface area contributed by atoms with Crippen molar-refractivity contribution in [3.63, 3.8) is 0 Å². The first kappa shape index (κ1) is 8.15. The van der Waals surface area contributed by atoms with Crippen LogP contribution in [0, 0.1) is 0 Å². The summed E-state index contributed by atoms with van der Waals surface area (Å²) in [4.78, 5) is 4.70. The maximum atomic E-state index is 5.08. The van der Waals surface area contributed by atoms with E-state index >= 15 is 0 Å². The van der Waals surface area contributed by atoms with Gasteiger partial charge in [0.25, 0.3) is 0 Å². The lowest BCUT2D eigenvalue weighted by Gasteiger charge is -2.07. The molecule has 0 saturated carbocycles. The maximum absolute atomic E-state index is 5.08. The molecule has 5 heteroatoms. The highest BCUT2D eigenvalue weighted by molar-refractivity contribution is 5.74. The third-order valence-corrected chi connectivity index (χ3v) is 2.01. The fourth-order valence-electron chi connectivity index (χ4n) is 1.19. The van der Waals surface area contributed by atoms with E-state index < -0.39 is 0 Å². The molecule has 0 radical (unpaired) electrons. The summed E-state index contributed by atoms with van der Waals surface area (Å²) >= 11 is 0. The second-order valence-electron chi connectivity index (χ2n) is 2.85. The van der Waals surface area contributed by atoms with E-state index in [0.717, 1.165) is 16.6 Å². The van der Waals surface area contributed by atoms with Crippen LogP contribution in [0.25, 0.3) is 11.0 Å². The summed E-state index contributed by atoms with van der Waals surface area (Å²) in [5.41, 5.74) is 2.65. The molecular weight excluding hydrogens is 168 g/mol. The number of benzene rings is 1. The van der Waals surface area contributed by atoms with Crippen LogP contribution in [-0.2, 0) is 4.84 Å². The van der Waals surface area contributed by atoms with Crippen molar-refractivity contribution in [3.8, 4) is 0 Å². The number of nitrogens with one attached hydrogen (secondary N) is 1. The Morgan fingerprint density at radius 1 is 1.38 bits per heavy atom. The van der Waals surface area contributed by atoms with Gasteiger partial charge in [-0.25, -0.2) is 5.90 Å². The molecular formula is C8H10N4O. The first-order valence-electron chi connectivity index (χ1n) is 3.97. The second-order valence-corrected chi connectivity index (χ2v) is 2.85. The molecule has 0 spiro atoms. The van der Waals surface area contributed by atoms with Gasteiger partial charge >= 0.3 is 0 Å². The van der Waals surface area contributed by atoms with E-state index in [9.17, 15) is 0 Å². The number of H-pyrrole nitrogens is 1. The molecule has 1 atom stereocenters. The van der Waals surface area contributed by atoms with Crippen LogP contribution in [0.1, 0.15) is 18.6 Å². The minimum atomic E-state index is -0.124. The SMILES string of the molecule is CC(ON)c1ccc2n[nH]nc2c1. The van der Waals surface area contributed by atoms with Gasteiger partial charge in [-0.15, -0.1) is 0 Å². The van der Waals surface area contributed by atoms with Crippen LogP contribution in [0.5, 0.6) is 0 Å². The largest absolute Gasteiger partial charge is 0.297 e. The van der Waals surface area contributed by atoms with E-state index in [2.05, 4.69) is 15.4 Å². The average Bonchev–Trinajstić information content (AvgIpc) is 2.63. The van der Waals surface area contributed by atoms with Crippen molar-refractivity contribution < 1.29 is 4.84 Å². The predicted octanol–water partition coefficient (Wildman–Crippen LogP) is 0.909. The van der Waals surface area contributed by atoms with E-state index in [1.807, 2.05) is 25.1 Å². The van der Waals surface area contributed by atoms with E-state index in [1.54, 1.807) is 0 Å². The zero-order valence-corrected chi connectivity index (χ0v) is 7.19. The molecule has 1 aromatic carbocycles. The van der Waals surface area contributed by atoms with Crippen molar-refractivity contribution >= 4 is 11.0 Å². The maximum Gasteiger partial charge on any atom is 0.113 e. The van der Waals surface area contributed by atoms with Gasteiger partial charge < -0.3 is 0 Å². The Labute approximate surface area is 74.8 Å². The van der Waals surface area contributed by atoms with Gasteiger partial charge in [-0.1, -0.05) is 6.07 Å². The summed E-state index contributed by atoms with van der Waals surface area (Å²) in [6.45, 7) is 1.88. The molecule has 0 saturated heterocycles. The van der Waals surface area contributed by atoms with Crippen molar-refractivity contribution in [1.82, 2.24) is 15.4 Å². The third kappa shape index (κ3) is 1.39. The summed E-state index contributed by atoms with van der Waals surface area (Å²) in [7, 11) is 0. The van der Waals surface area contributed by atoms with Crippen LogP contribution in [0.4, 0.5) is 0 Å². The number of aromatic amines is 1. The van der Waals surface area contributed by atoms with Crippen molar-refractivity contribution in [2.24, 2.45) is 5.90 Å². The summed E-state index contributed by atoms with van der Waals surface area (Å²) in [5.74, 6) is 5.08. The zero-order valence-electron chi connectivity index (χ0n) is 7.19. The number of rotatable bonds is 2. The Hall–Kier alpha value is -1.46. The number of hydrogen-bond acceptors (Lipinski definition) is 4. The molecule has 0 aliphatic heterocycles. The molecule has 1 aromatic heterocycles. The number of aromatic nitrogens is 3. The van der Waals surface area contributed by atoms with Crippen LogP contribution >= 0.6 is 0 Å². The first-order valence-corrected chi connectivity index (χ1v) is 3.97. The van der Waals surface area contributed by atoms with E-state index in [1.165, 1.54) is 0 Å².